The number of aromatic nitrogens is 2. The molecule has 0 unspecified atom stereocenters. The van der Waals surface area contributed by atoms with E-state index in [1.165, 1.54) is 12.1 Å². The van der Waals surface area contributed by atoms with Crippen LogP contribution in [0.3, 0.4) is 0 Å². The Morgan fingerprint density at radius 3 is 2.37 bits per heavy atom. The van der Waals surface area contributed by atoms with Gasteiger partial charge < -0.3 is 14.5 Å². The molecule has 1 fully saturated rings. The number of ether oxygens (including phenoxy) is 1. The Morgan fingerprint density at radius 2 is 1.66 bits per heavy atom. The minimum atomic E-state index is -0.309. The van der Waals surface area contributed by atoms with Crippen LogP contribution in [0, 0.1) is 12.7 Å². The lowest BCUT2D eigenvalue weighted by atomic mass is 10.1. The van der Waals surface area contributed by atoms with Crippen LogP contribution in [-0.2, 0) is 0 Å². The van der Waals surface area contributed by atoms with Crippen LogP contribution >= 0.6 is 0 Å². The van der Waals surface area contributed by atoms with Gasteiger partial charge in [0.05, 0.1) is 24.2 Å². The number of hydrogen-bond acceptors (Lipinski definition) is 4. The Labute approximate surface area is 204 Å². The predicted molar refractivity (Wildman–Crippen MR) is 135 cm³/mol. The number of rotatable bonds is 5. The van der Waals surface area contributed by atoms with Crippen molar-refractivity contribution in [2.75, 3.05) is 38.2 Å². The van der Waals surface area contributed by atoms with Gasteiger partial charge in [0.1, 0.15) is 17.3 Å². The van der Waals surface area contributed by atoms with Crippen LogP contribution in [0.1, 0.15) is 16.1 Å². The summed E-state index contributed by atoms with van der Waals surface area (Å²) in [5, 5.41) is 4.74. The number of piperazine rings is 1. The van der Waals surface area contributed by atoms with Crippen molar-refractivity contribution in [2.45, 2.75) is 6.92 Å². The first-order chi connectivity index (χ1) is 17.0. The van der Waals surface area contributed by atoms with Crippen molar-refractivity contribution in [3.63, 3.8) is 0 Å². The van der Waals surface area contributed by atoms with Crippen LogP contribution in [-0.4, -0.2) is 53.9 Å². The maximum Gasteiger partial charge on any atom is 0.272 e. The number of halogens is 1. The van der Waals surface area contributed by atoms with Crippen LogP contribution in [0.5, 0.6) is 5.75 Å². The van der Waals surface area contributed by atoms with Crippen molar-refractivity contribution >= 4 is 11.6 Å². The highest BCUT2D eigenvalue weighted by atomic mass is 19.1. The summed E-state index contributed by atoms with van der Waals surface area (Å²) in [7, 11) is 1.67. The van der Waals surface area contributed by atoms with Crippen LogP contribution in [0.15, 0.2) is 78.9 Å². The summed E-state index contributed by atoms with van der Waals surface area (Å²) in [6.45, 7) is 4.58. The first-order valence-corrected chi connectivity index (χ1v) is 11.6. The molecule has 0 spiro atoms. The molecule has 1 aliphatic heterocycles. The summed E-state index contributed by atoms with van der Waals surface area (Å²) in [5.41, 5.74) is 4.79. The molecule has 0 N–H and O–H groups in total. The molecule has 4 aromatic rings. The van der Waals surface area contributed by atoms with E-state index in [9.17, 15) is 9.18 Å². The summed E-state index contributed by atoms with van der Waals surface area (Å²) in [6.07, 6.45) is 0. The van der Waals surface area contributed by atoms with E-state index in [0.29, 0.717) is 37.6 Å². The van der Waals surface area contributed by atoms with Crippen LogP contribution in [0.2, 0.25) is 0 Å². The van der Waals surface area contributed by atoms with Gasteiger partial charge in [-0.05, 0) is 67.1 Å². The molecule has 0 aliphatic carbocycles. The van der Waals surface area contributed by atoms with Gasteiger partial charge in [-0.2, -0.15) is 5.10 Å². The fourth-order valence-electron chi connectivity index (χ4n) is 4.46. The van der Waals surface area contributed by atoms with Gasteiger partial charge in [-0.15, -0.1) is 0 Å². The van der Waals surface area contributed by atoms with Crippen LogP contribution in [0.25, 0.3) is 16.9 Å². The van der Waals surface area contributed by atoms with Crippen molar-refractivity contribution in [1.82, 2.24) is 14.7 Å². The van der Waals surface area contributed by atoms with Crippen molar-refractivity contribution in [3.05, 3.63) is 95.9 Å². The molecular formula is C28H27FN4O2. The summed E-state index contributed by atoms with van der Waals surface area (Å²) >= 11 is 0. The average molecular weight is 471 g/mol. The molecule has 3 aromatic carbocycles. The van der Waals surface area contributed by atoms with Crippen LogP contribution < -0.4 is 9.64 Å². The summed E-state index contributed by atoms with van der Waals surface area (Å²) in [4.78, 5) is 17.8. The lowest BCUT2D eigenvalue weighted by Gasteiger charge is -2.36. The van der Waals surface area contributed by atoms with Crippen molar-refractivity contribution < 1.29 is 13.9 Å². The monoisotopic (exact) mass is 470 g/mol. The molecule has 0 bridgehead atoms. The molecule has 1 saturated heterocycles. The van der Waals surface area contributed by atoms with Gasteiger partial charge in [0.25, 0.3) is 5.91 Å². The van der Waals surface area contributed by atoms with E-state index in [1.54, 1.807) is 30.0 Å². The van der Waals surface area contributed by atoms with Crippen molar-refractivity contribution in [3.8, 4) is 22.7 Å². The minimum Gasteiger partial charge on any atom is -0.495 e. The summed E-state index contributed by atoms with van der Waals surface area (Å²) in [5.74, 6) is 0.442. The zero-order valence-corrected chi connectivity index (χ0v) is 19.8. The number of amides is 1. The number of methoxy groups -OCH3 is 1. The maximum absolute atomic E-state index is 13.7. The highest BCUT2D eigenvalue weighted by Crippen LogP contribution is 2.29. The van der Waals surface area contributed by atoms with E-state index in [4.69, 9.17) is 9.84 Å². The molecule has 1 aliphatic rings. The Morgan fingerprint density at radius 1 is 0.914 bits per heavy atom. The fourth-order valence-corrected chi connectivity index (χ4v) is 4.46. The molecular weight excluding hydrogens is 443 g/mol. The fraction of sp³-hybridized carbons (Fsp3) is 0.214. The quantitative estimate of drug-likeness (QED) is 0.414. The van der Waals surface area contributed by atoms with E-state index in [2.05, 4.69) is 4.90 Å². The summed E-state index contributed by atoms with van der Waals surface area (Å²) in [6, 6.07) is 23.8. The summed E-state index contributed by atoms with van der Waals surface area (Å²) < 4.78 is 20.7. The molecule has 0 saturated carbocycles. The number of anilines is 1. The second-order valence-corrected chi connectivity index (χ2v) is 8.62. The molecule has 1 aromatic heterocycles. The highest BCUT2D eigenvalue weighted by Gasteiger charge is 2.27. The third-order valence-corrected chi connectivity index (χ3v) is 6.31. The topological polar surface area (TPSA) is 50.6 Å². The van der Waals surface area contributed by atoms with Gasteiger partial charge in [0.15, 0.2) is 0 Å². The largest absolute Gasteiger partial charge is 0.495 e. The molecule has 2 heterocycles. The number of carbonyl (C=O) groups excluding carboxylic acids is 1. The normalized spacial score (nSPS) is 13.7. The number of para-hydroxylation sites is 2. The minimum absolute atomic E-state index is 0.0768. The van der Waals surface area contributed by atoms with Gasteiger partial charge >= 0.3 is 0 Å². The molecule has 0 atom stereocenters. The first-order valence-electron chi connectivity index (χ1n) is 11.6. The Hall–Kier alpha value is -4.13. The maximum atomic E-state index is 13.7. The number of carbonyl (C=O) groups is 1. The van der Waals surface area contributed by atoms with E-state index in [0.717, 1.165) is 28.3 Å². The molecule has 1 amide bonds. The highest BCUT2D eigenvalue weighted by molar-refractivity contribution is 5.94. The lowest BCUT2D eigenvalue weighted by molar-refractivity contribution is 0.0737. The zero-order valence-electron chi connectivity index (χ0n) is 19.8. The molecule has 5 rings (SSSR count). The molecule has 35 heavy (non-hydrogen) atoms. The zero-order chi connectivity index (χ0) is 24.4. The number of aryl methyl sites for hydroxylation is 1. The van der Waals surface area contributed by atoms with Gasteiger partial charge in [0.2, 0.25) is 0 Å². The third-order valence-electron chi connectivity index (χ3n) is 6.31. The van der Waals surface area contributed by atoms with Crippen molar-refractivity contribution in [1.29, 1.82) is 0 Å². The average Bonchev–Trinajstić information content (AvgIpc) is 3.34. The molecule has 0 radical (unpaired) electrons. The van der Waals surface area contributed by atoms with E-state index < -0.39 is 0 Å². The lowest BCUT2D eigenvalue weighted by Crippen LogP contribution is -2.49. The van der Waals surface area contributed by atoms with Crippen LogP contribution in [0.4, 0.5) is 10.1 Å². The predicted octanol–water partition coefficient (Wildman–Crippen LogP) is 4.96. The smallest absolute Gasteiger partial charge is 0.272 e. The van der Waals surface area contributed by atoms with E-state index in [-0.39, 0.29) is 11.7 Å². The number of benzene rings is 3. The number of hydrogen-bond donors (Lipinski definition) is 0. The van der Waals surface area contributed by atoms with Gasteiger partial charge in [-0.25, -0.2) is 9.07 Å². The second-order valence-electron chi connectivity index (χ2n) is 8.62. The Bertz CT molecular complexity index is 1340. The third kappa shape index (κ3) is 4.62. The van der Waals surface area contributed by atoms with Crippen molar-refractivity contribution in [2.24, 2.45) is 0 Å². The second kappa shape index (κ2) is 9.62. The van der Waals surface area contributed by atoms with Gasteiger partial charge in [0, 0.05) is 31.7 Å². The molecule has 6 nitrogen and oxygen atoms in total. The first kappa shape index (κ1) is 22.7. The SMILES string of the molecule is COc1ccccc1N1CCN(C(=O)c2cc(-c3ccc(F)cc3)nn2-c2cccc(C)c2)CC1. The molecule has 7 heteroatoms. The molecule has 178 valence electrons. The van der Waals surface area contributed by atoms with Gasteiger partial charge in [-0.3, -0.25) is 4.79 Å². The Balaban J connectivity index is 1.43. The van der Waals surface area contributed by atoms with Gasteiger partial charge in [-0.1, -0.05) is 24.3 Å². The number of nitrogens with zero attached hydrogens (tertiary/aromatic N) is 4. The Kier molecular flexibility index (Phi) is 6.23. The van der Waals surface area contributed by atoms with E-state index >= 15 is 0 Å². The van der Waals surface area contributed by atoms with E-state index in [1.807, 2.05) is 60.4 Å². The standard InChI is InChI=1S/C28H27FN4O2/c1-20-6-5-7-23(18-20)33-26(19-24(30-33)21-10-12-22(29)13-11-21)28(34)32-16-14-31(15-17-32)25-8-3-4-9-27(25)35-2/h3-13,18-19H,14-17H2,1-2H3.